The molecule has 1 N–H and O–H groups in total. The van der Waals surface area contributed by atoms with Gasteiger partial charge in [-0.2, -0.15) is 0 Å². The number of aromatic nitrogens is 2. The molecule has 0 aliphatic carbocycles. The minimum absolute atomic E-state index is 0.0161. The Hall–Kier alpha value is -3.03. The number of anilines is 1. The number of para-hydroxylation sites is 1. The Bertz CT molecular complexity index is 980. The molecule has 7 heteroatoms. The summed E-state index contributed by atoms with van der Waals surface area (Å²) in [5.41, 5.74) is 2.93. The second-order valence-electron chi connectivity index (χ2n) is 7.72. The van der Waals surface area contributed by atoms with Crippen molar-refractivity contribution >= 4 is 11.6 Å². The molecule has 1 aliphatic rings. The number of hydrogen-bond acceptors (Lipinski definition) is 6. The lowest BCUT2D eigenvalue weighted by Gasteiger charge is -2.36. The van der Waals surface area contributed by atoms with Gasteiger partial charge in [-0.1, -0.05) is 35.9 Å². The Morgan fingerprint density at radius 1 is 1.07 bits per heavy atom. The van der Waals surface area contributed by atoms with Gasteiger partial charge in [0.2, 0.25) is 17.7 Å². The summed E-state index contributed by atoms with van der Waals surface area (Å²) in [6.07, 6.45) is 0. The zero-order valence-corrected chi connectivity index (χ0v) is 17.4. The van der Waals surface area contributed by atoms with Crippen molar-refractivity contribution in [3.63, 3.8) is 0 Å². The van der Waals surface area contributed by atoms with E-state index in [1.807, 2.05) is 61.5 Å². The van der Waals surface area contributed by atoms with Gasteiger partial charge in [0.25, 0.3) is 0 Å². The summed E-state index contributed by atoms with van der Waals surface area (Å²) in [7, 11) is 0. The fraction of sp³-hybridized carbons (Fsp3) is 0.348. The first-order valence-electron chi connectivity index (χ1n) is 10.3. The normalized spacial score (nSPS) is 16.3. The van der Waals surface area contributed by atoms with Crippen molar-refractivity contribution in [2.75, 3.05) is 38.0 Å². The third kappa shape index (κ3) is 4.93. The molecule has 0 radical (unpaired) electrons. The molecular weight excluding hydrogens is 378 g/mol. The standard InChI is InChI=1S/C23H27N5O2/c1-17-7-6-8-19(15-17)23-26-25-22(30-23)18(2)28-13-11-27(12-14-28)16-21(29)24-20-9-4-3-5-10-20/h3-10,15,18H,11-14,16H2,1-2H3,(H,24,29)/t18-/m0/s1. The van der Waals surface area contributed by atoms with Crippen LogP contribution >= 0.6 is 0 Å². The lowest BCUT2D eigenvalue weighted by Crippen LogP contribution is -2.49. The van der Waals surface area contributed by atoms with Crippen LogP contribution in [0.4, 0.5) is 5.69 Å². The first-order valence-corrected chi connectivity index (χ1v) is 10.3. The minimum atomic E-state index is 0.0161. The summed E-state index contributed by atoms with van der Waals surface area (Å²) in [4.78, 5) is 16.8. The molecule has 0 saturated carbocycles. The number of amides is 1. The summed E-state index contributed by atoms with van der Waals surface area (Å²) < 4.78 is 5.96. The molecule has 3 aromatic rings. The van der Waals surface area contributed by atoms with Crippen LogP contribution in [-0.4, -0.2) is 58.6 Å². The van der Waals surface area contributed by atoms with Crippen LogP contribution in [0.2, 0.25) is 0 Å². The van der Waals surface area contributed by atoms with E-state index in [0.29, 0.717) is 18.3 Å². The van der Waals surface area contributed by atoms with Gasteiger partial charge >= 0.3 is 0 Å². The molecule has 0 unspecified atom stereocenters. The van der Waals surface area contributed by atoms with Gasteiger partial charge in [-0.3, -0.25) is 14.6 Å². The van der Waals surface area contributed by atoms with Gasteiger partial charge in [0.1, 0.15) is 0 Å². The van der Waals surface area contributed by atoms with Crippen LogP contribution in [0, 0.1) is 6.92 Å². The van der Waals surface area contributed by atoms with Crippen LogP contribution in [0.1, 0.15) is 24.4 Å². The largest absolute Gasteiger partial charge is 0.419 e. The smallest absolute Gasteiger partial charge is 0.247 e. The molecule has 1 fully saturated rings. The van der Waals surface area contributed by atoms with Gasteiger partial charge in [0.05, 0.1) is 12.6 Å². The maximum atomic E-state index is 12.3. The van der Waals surface area contributed by atoms with E-state index >= 15 is 0 Å². The quantitative estimate of drug-likeness (QED) is 0.678. The van der Waals surface area contributed by atoms with Gasteiger partial charge in [-0.05, 0) is 38.1 Å². The number of carbonyl (C=O) groups excluding carboxylic acids is 1. The summed E-state index contributed by atoms with van der Waals surface area (Å²) in [6.45, 7) is 7.88. The number of aryl methyl sites for hydroxylation is 1. The molecule has 7 nitrogen and oxygen atoms in total. The van der Waals surface area contributed by atoms with E-state index in [2.05, 4.69) is 32.2 Å². The number of hydrogen-bond donors (Lipinski definition) is 1. The third-order valence-corrected chi connectivity index (χ3v) is 5.44. The van der Waals surface area contributed by atoms with Gasteiger partial charge in [0.15, 0.2) is 0 Å². The molecular formula is C23H27N5O2. The Morgan fingerprint density at radius 2 is 1.83 bits per heavy atom. The molecule has 1 amide bonds. The van der Waals surface area contributed by atoms with Crippen LogP contribution in [-0.2, 0) is 4.79 Å². The van der Waals surface area contributed by atoms with E-state index in [0.717, 1.165) is 43.0 Å². The van der Waals surface area contributed by atoms with E-state index in [1.165, 1.54) is 0 Å². The van der Waals surface area contributed by atoms with Gasteiger partial charge < -0.3 is 9.73 Å². The Balaban J connectivity index is 1.29. The topological polar surface area (TPSA) is 74.5 Å². The predicted molar refractivity (Wildman–Crippen MR) is 116 cm³/mol. The maximum absolute atomic E-state index is 12.3. The van der Waals surface area contributed by atoms with E-state index in [-0.39, 0.29) is 11.9 Å². The van der Waals surface area contributed by atoms with E-state index in [9.17, 15) is 4.79 Å². The first-order chi connectivity index (χ1) is 14.6. The molecule has 1 saturated heterocycles. The lowest BCUT2D eigenvalue weighted by molar-refractivity contribution is -0.117. The molecule has 4 rings (SSSR count). The molecule has 30 heavy (non-hydrogen) atoms. The maximum Gasteiger partial charge on any atom is 0.247 e. The van der Waals surface area contributed by atoms with E-state index in [1.54, 1.807) is 0 Å². The van der Waals surface area contributed by atoms with Crippen LogP contribution < -0.4 is 5.32 Å². The van der Waals surface area contributed by atoms with Crippen molar-refractivity contribution in [3.8, 4) is 11.5 Å². The van der Waals surface area contributed by atoms with Crippen LogP contribution in [0.3, 0.4) is 0 Å². The average Bonchev–Trinajstić information content (AvgIpc) is 3.25. The Morgan fingerprint density at radius 3 is 2.57 bits per heavy atom. The Kier molecular flexibility index (Phi) is 6.21. The summed E-state index contributed by atoms with van der Waals surface area (Å²) in [6, 6.07) is 17.7. The number of carbonyl (C=O) groups is 1. The lowest BCUT2D eigenvalue weighted by atomic mass is 10.1. The van der Waals surface area contributed by atoms with Crippen molar-refractivity contribution in [2.45, 2.75) is 19.9 Å². The average molecular weight is 406 g/mol. The van der Waals surface area contributed by atoms with Crippen LogP contribution in [0.5, 0.6) is 0 Å². The highest BCUT2D eigenvalue weighted by molar-refractivity contribution is 5.92. The predicted octanol–water partition coefficient (Wildman–Crippen LogP) is 3.36. The molecule has 1 atom stereocenters. The minimum Gasteiger partial charge on any atom is -0.419 e. The van der Waals surface area contributed by atoms with E-state index in [4.69, 9.17) is 4.42 Å². The monoisotopic (exact) mass is 405 g/mol. The zero-order valence-electron chi connectivity index (χ0n) is 17.4. The van der Waals surface area contributed by atoms with Crippen LogP contribution in [0.15, 0.2) is 59.0 Å². The first kappa shape index (κ1) is 20.3. The highest BCUT2D eigenvalue weighted by Gasteiger charge is 2.26. The molecule has 156 valence electrons. The van der Waals surface area contributed by atoms with Crippen molar-refractivity contribution in [2.24, 2.45) is 0 Å². The molecule has 1 aliphatic heterocycles. The summed E-state index contributed by atoms with van der Waals surface area (Å²) in [5, 5.41) is 11.5. The van der Waals surface area contributed by atoms with Gasteiger partial charge in [-0.15, -0.1) is 10.2 Å². The SMILES string of the molecule is Cc1cccc(-c2nnc([C@H](C)N3CCN(CC(=O)Nc4ccccc4)CC3)o2)c1. The number of benzene rings is 2. The molecule has 1 aromatic heterocycles. The zero-order chi connectivity index (χ0) is 20.9. The molecule has 2 heterocycles. The van der Waals surface area contributed by atoms with Crippen molar-refractivity contribution < 1.29 is 9.21 Å². The number of piperazine rings is 1. The van der Waals surface area contributed by atoms with Crippen molar-refractivity contribution in [1.82, 2.24) is 20.0 Å². The van der Waals surface area contributed by atoms with Crippen molar-refractivity contribution in [3.05, 3.63) is 66.1 Å². The molecule has 2 aromatic carbocycles. The van der Waals surface area contributed by atoms with Crippen LogP contribution in [0.25, 0.3) is 11.5 Å². The van der Waals surface area contributed by atoms with Gasteiger partial charge in [0, 0.05) is 37.4 Å². The number of rotatable bonds is 6. The Labute approximate surface area is 176 Å². The second kappa shape index (κ2) is 9.19. The molecule has 0 spiro atoms. The van der Waals surface area contributed by atoms with Crippen molar-refractivity contribution in [1.29, 1.82) is 0 Å². The third-order valence-electron chi connectivity index (χ3n) is 5.44. The fourth-order valence-electron chi connectivity index (χ4n) is 3.69. The highest BCUT2D eigenvalue weighted by atomic mass is 16.4. The fourth-order valence-corrected chi connectivity index (χ4v) is 3.69. The summed E-state index contributed by atoms with van der Waals surface area (Å²) >= 11 is 0. The van der Waals surface area contributed by atoms with E-state index < -0.39 is 0 Å². The summed E-state index contributed by atoms with van der Waals surface area (Å²) in [5.74, 6) is 1.20. The number of nitrogens with zero attached hydrogens (tertiary/aromatic N) is 4. The molecule has 0 bridgehead atoms. The number of nitrogens with one attached hydrogen (secondary N) is 1. The second-order valence-corrected chi connectivity index (χ2v) is 7.72. The van der Waals surface area contributed by atoms with Gasteiger partial charge in [-0.25, -0.2) is 0 Å². The highest BCUT2D eigenvalue weighted by Crippen LogP contribution is 2.25.